The summed E-state index contributed by atoms with van der Waals surface area (Å²) in [5.41, 5.74) is 7.28. The monoisotopic (exact) mass is 519 g/mol. The Labute approximate surface area is 202 Å². The van der Waals surface area contributed by atoms with Gasteiger partial charge >= 0.3 is 6.09 Å². The zero-order chi connectivity index (χ0) is 23.3. The van der Waals surface area contributed by atoms with E-state index >= 15 is 0 Å². The van der Waals surface area contributed by atoms with Crippen LogP contribution in [0.2, 0.25) is 0 Å². The van der Waals surface area contributed by atoms with Crippen LogP contribution in [-0.4, -0.2) is 42.1 Å². The van der Waals surface area contributed by atoms with Gasteiger partial charge in [0.15, 0.2) is 0 Å². The molecule has 6 nitrogen and oxygen atoms in total. The van der Waals surface area contributed by atoms with E-state index in [1.54, 1.807) is 16.2 Å². The van der Waals surface area contributed by atoms with Crippen LogP contribution in [0.4, 0.5) is 10.5 Å². The zero-order valence-electron chi connectivity index (χ0n) is 18.8. The Morgan fingerprint density at radius 3 is 2.84 bits per heavy atom. The van der Waals surface area contributed by atoms with Crippen LogP contribution in [0.15, 0.2) is 32.3 Å². The largest absolute Gasteiger partial charge is 0.494 e. The van der Waals surface area contributed by atoms with Crippen molar-refractivity contribution in [2.24, 2.45) is 16.6 Å². The summed E-state index contributed by atoms with van der Waals surface area (Å²) in [6.07, 6.45) is 11.9. The standard InChI is InChI=1S/C24H30BrN3O3S/c1-5-16-8-11-28(12-9-16)23(29)31-24(3,4)10-7-19(30-6-2)17-13-20-18(15-21(25)32-20)27-22(26)14-17/h1,7,13,15-16H,6,8-12,14H2,2-4H3,(H2,26,27)/b19-7-. The molecule has 0 atom stereocenters. The fraction of sp³-hybridized carbons (Fsp3) is 0.500. The number of nitrogens with two attached hydrogens (primary N) is 1. The molecule has 1 fully saturated rings. The molecule has 0 saturated carbocycles. The molecule has 32 heavy (non-hydrogen) atoms. The molecule has 2 aliphatic rings. The number of rotatable bonds is 6. The molecule has 3 rings (SSSR count). The van der Waals surface area contributed by atoms with Crippen LogP contribution >= 0.6 is 27.3 Å². The van der Waals surface area contributed by atoms with Gasteiger partial charge in [0.1, 0.15) is 17.2 Å². The molecule has 1 aromatic heterocycles. The van der Waals surface area contributed by atoms with Crippen molar-refractivity contribution in [1.29, 1.82) is 0 Å². The van der Waals surface area contributed by atoms with Gasteiger partial charge < -0.3 is 20.1 Å². The number of amides is 1. The molecule has 0 aromatic carbocycles. The van der Waals surface area contributed by atoms with E-state index in [9.17, 15) is 4.79 Å². The first-order valence-electron chi connectivity index (χ1n) is 10.8. The number of carbonyl (C=O) groups excluding carboxylic acids is 1. The van der Waals surface area contributed by atoms with Crippen LogP contribution in [0.3, 0.4) is 0 Å². The average molecular weight is 520 g/mol. The number of allylic oxidation sites excluding steroid dienone is 1. The number of carbonyl (C=O) groups is 1. The van der Waals surface area contributed by atoms with Crippen LogP contribution in [0.1, 0.15) is 51.3 Å². The molecule has 0 aliphatic carbocycles. The Morgan fingerprint density at radius 2 is 2.19 bits per heavy atom. The van der Waals surface area contributed by atoms with Crippen molar-refractivity contribution in [3.63, 3.8) is 0 Å². The number of hydrogen-bond acceptors (Lipinski definition) is 6. The van der Waals surface area contributed by atoms with Gasteiger partial charge in [-0.25, -0.2) is 9.79 Å². The molecule has 0 unspecified atom stereocenters. The fourth-order valence-corrected chi connectivity index (χ4v) is 5.19. The van der Waals surface area contributed by atoms with Crippen LogP contribution in [-0.2, 0) is 9.47 Å². The third-order valence-electron chi connectivity index (χ3n) is 5.40. The first-order chi connectivity index (χ1) is 15.2. The number of thiophene rings is 1. The fourth-order valence-electron chi connectivity index (χ4n) is 3.66. The summed E-state index contributed by atoms with van der Waals surface area (Å²) < 4.78 is 12.8. The average Bonchev–Trinajstić information content (AvgIpc) is 3.00. The van der Waals surface area contributed by atoms with E-state index < -0.39 is 5.60 Å². The van der Waals surface area contributed by atoms with Gasteiger partial charge in [0, 0.05) is 37.4 Å². The maximum Gasteiger partial charge on any atom is 0.410 e. The van der Waals surface area contributed by atoms with E-state index in [-0.39, 0.29) is 12.0 Å². The number of terminal acetylenes is 1. The number of ether oxygens (including phenoxy) is 2. The Kier molecular flexibility index (Phi) is 8.07. The number of hydrogen-bond donors (Lipinski definition) is 1. The topological polar surface area (TPSA) is 77.2 Å². The third kappa shape index (κ3) is 6.39. The highest BCUT2D eigenvalue weighted by Crippen LogP contribution is 2.38. The third-order valence-corrected chi connectivity index (χ3v) is 6.97. The van der Waals surface area contributed by atoms with Crippen LogP contribution < -0.4 is 5.73 Å². The van der Waals surface area contributed by atoms with Crippen LogP contribution in [0.25, 0.3) is 6.08 Å². The number of piperidine rings is 1. The lowest BCUT2D eigenvalue weighted by Gasteiger charge is -2.33. The number of aliphatic imine (C=N–C) groups is 1. The zero-order valence-corrected chi connectivity index (χ0v) is 21.2. The molecule has 0 spiro atoms. The quantitative estimate of drug-likeness (QED) is 0.377. The van der Waals surface area contributed by atoms with Crippen molar-refractivity contribution in [2.75, 3.05) is 19.7 Å². The molecule has 1 aromatic rings. The molecule has 0 bridgehead atoms. The smallest absolute Gasteiger partial charge is 0.410 e. The Balaban J connectivity index is 1.71. The molecule has 2 aliphatic heterocycles. The molecule has 2 N–H and O–H groups in total. The predicted octanol–water partition coefficient (Wildman–Crippen LogP) is 5.86. The van der Waals surface area contributed by atoms with Crippen molar-refractivity contribution < 1.29 is 14.3 Å². The molecular formula is C24H30BrN3O3S. The number of halogens is 1. The minimum Gasteiger partial charge on any atom is -0.494 e. The summed E-state index contributed by atoms with van der Waals surface area (Å²) in [4.78, 5) is 19.9. The van der Waals surface area contributed by atoms with Gasteiger partial charge in [-0.2, -0.15) is 0 Å². The van der Waals surface area contributed by atoms with Crippen LogP contribution in [0.5, 0.6) is 0 Å². The summed E-state index contributed by atoms with van der Waals surface area (Å²) >= 11 is 5.12. The normalized spacial score (nSPS) is 17.6. The summed E-state index contributed by atoms with van der Waals surface area (Å²) in [6.45, 7) is 7.55. The highest BCUT2D eigenvalue weighted by atomic mass is 79.9. The lowest BCUT2D eigenvalue weighted by Crippen LogP contribution is -2.42. The van der Waals surface area contributed by atoms with Gasteiger partial charge in [-0.05, 0) is 67.8 Å². The molecular weight excluding hydrogens is 490 g/mol. The predicted molar refractivity (Wildman–Crippen MR) is 134 cm³/mol. The maximum absolute atomic E-state index is 12.7. The number of amidine groups is 1. The summed E-state index contributed by atoms with van der Waals surface area (Å²) in [5, 5.41) is 0. The Hall–Kier alpha value is -2.24. The minimum absolute atomic E-state index is 0.247. The van der Waals surface area contributed by atoms with E-state index in [1.165, 1.54) is 0 Å². The number of fused-ring (bicyclic) bond motifs is 1. The second kappa shape index (κ2) is 10.6. The van der Waals surface area contributed by atoms with E-state index in [4.69, 9.17) is 21.6 Å². The first-order valence-corrected chi connectivity index (χ1v) is 12.4. The van der Waals surface area contributed by atoms with Crippen molar-refractivity contribution in [3.05, 3.63) is 32.1 Å². The highest BCUT2D eigenvalue weighted by Gasteiger charge is 2.29. The molecule has 0 radical (unpaired) electrons. The van der Waals surface area contributed by atoms with Crippen molar-refractivity contribution in [2.45, 2.75) is 52.1 Å². The lowest BCUT2D eigenvalue weighted by molar-refractivity contribution is 0.0104. The van der Waals surface area contributed by atoms with Gasteiger partial charge in [-0.15, -0.1) is 23.7 Å². The van der Waals surface area contributed by atoms with E-state index in [0.29, 0.717) is 38.4 Å². The second-order valence-electron chi connectivity index (χ2n) is 8.51. The summed E-state index contributed by atoms with van der Waals surface area (Å²) in [5.74, 6) is 4.30. The Morgan fingerprint density at radius 1 is 1.47 bits per heavy atom. The van der Waals surface area contributed by atoms with Gasteiger partial charge in [-0.1, -0.05) is 0 Å². The van der Waals surface area contributed by atoms with Gasteiger partial charge in [0.25, 0.3) is 0 Å². The van der Waals surface area contributed by atoms with E-state index in [2.05, 4.69) is 32.9 Å². The van der Waals surface area contributed by atoms with Crippen molar-refractivity contribution in [1.82, 2.24) is 4.90 Å². The number of nitrogens with zero attached hydrogens (tertiary/aromatic N) is 2. The summed E-state index contributed by atoms with van der Waals surface area (Å²) in [6, 6.07) is 1.96. The van der Waals surface area contributed by atoms with E-state index in [0.717, 1.165) is 38.5 Å². The number of likely N-dealkylation sites (tertiary alicyclic amines) is 1. The molecule has 8 heteroatoms. The molecule has 1 amide bonds. The van der Waals surface area contributed by atoms with Crippen molar-refractivity contribution >= 4 is 51.0 Å². The first kappa shape index (κ1) is 24.4. The summed E-state index contributed by atoms with van der Waals surface area (Å²) in [7, 11) is 0. The second-order valence-corrected chi connectivity index (χ2v) is 11.0. The van der Waals surface area contributed by atoms with Gasteiger partial charge in [0.05, 0.1) is 21.0 Å². The minimum atomic E-state index is -0.690. The maximum atomic E-state index is 12.7. The highest BCUT2D eigenvalue weighted by molar-refractivity contribution is 9.11. The van der Waals surface area contributed by atoms with Gasteiger partial charge in [0.2, 0.25) is 0 Å². The SMILES string of the molecule is C#CC1CCN(C(=O)OC(C)(C)C/C=C(\OCC)C2=Cc3sc(Br)cc3N=C(N)C2)CC1. The molecule has 3 heterocycles. The van der Waals surface area contributed by atoms with Gasteiger partial charge in [-0.3, -0.25) is 0 Å². The van der Waals surface area contributed by atoms with E-state index in [1.807, 2.05) is 32.9 Å². The Bertz CT molecular complexity index is 979. The lowest BCUT2D eigenvalue weighted by atomic mass is 9.98. The molecule has 172 valence electrons. The van der Waals surface area contributed by atoms with Crippen LogP contribution in [0, 0.1) is 18.3 Å². The molecule has 1 saturated heterocycles. The van der Waals surface area contributed by atoms with Crippen molar-refractivity contribution in [3.8, 4) is 12.3 Å².